The van der Waals surface area contributed by atoms with Crippen LogP contribution in [0.15, 0.2) is 78.9 Å². The van der Waals surface area contributed by atoms with Crippen LogP contribution in [0, 0.1) is 5.92 Å². The molecule has 0 radical (unpaired) electrons. The molecule has 0 bridgehead atoms. The summed E-state index contributed by atoms with van der Waals surface area (Å²) in [5.41, 5.74) is 5.67. The Labute approximate surface area is 235 Å². The van der Waals surface area contributed by atoms with E-state index in [9.17, 15) is 19.5 Å². The Hall–Kier alpha value is -3.97. The number of hydrogen-bond acceptors (Lipinski definition) is 4. The van der Waals surface area contributed by atoms with Crippen molar-refractivity contribution in [2.75, 3.05) is 19.6 Å². The standard InChI is InChI=1S/C33H38N2O5/c36-31(34-30(17-19-32(37)38)23-35-20-4-5-25(22-35)21-33(39)40)18-10-24-8-11-27(12-9-24)29-15-13-28(14-16-29)26-6-2-1-3-7-26/h1-3,6-9,11-16,25,30H,4-5,10,17-23H2,(H,34,36)(H,37,38)(H,39,40). The molecule has 7 nitrogen and oxygen atoms in total. The lowest BCUT2D eigenvalue weighted by atomic mass is 9.94. The van der Waals surface area contributed by atoms with Crippen molar-refractivity contribution < 1.29 is 24.6 Å². The van der Waals surface area contributed by atoms with E-state index in [4.69, 9.17) is 5.11 Å². The molecule has 1 aliphatic heterocycles. The molecule has 1 saturated heterocycles. The number of carbonyl (C=O) groups excluding carboxylic acids is 1. The quantitative estimate of drug-likeness (QED) is 0.264. The van der Waals surface area contributed by atoms with Gasteiger partial charge in [-0.05, 0) is 66.0 Å². The average molecular weight is 543 g/mol. The maximum atomic E-state index is 12.8. The fourth-order valence-corrected chi connectivity index (χ4v) is 5.46. The lowest BCUT2D eigenvalue weighted by molar-refractivity contribution is -0.139. The molecule has 0 spiro atoms. The van der Waals surface area contributed by atoms with Crippen molar-refractivity contribution >= 4 is 17.8 Å². The predicted molar refractivity (Wildman–Crippen MR) is 156 cm³/mol. The van der Waals surface area contributed by atoms with E-state index in [1.807, 2.05) is 30.3 Å². The van der Waals surface area contributed by atoms with Crippen molar-refractivity contribution in [3.8, 4) is 22.3 Å². The molecule has 40 heavy (non-hydrogen) atoms. The predicted octanol–water partition coefficient (Wildman–Crippen LogP) is 5.49. The summed E-state index contributed by atoms with van der Waals surface area (Å²) in [6.07, 6.45) is 3.16. The maximum absolute atomic E-state index is 12.8. The van der Waals surface area contributed by atoms with E-state index in [1.54, 1.807) is 0 Å². The molecule has 4 rings (SSSR count). The molecule has 210 valence electrons. The molecular formula is C33H38N2O5. The number of carboxylic acid groups (broad SMARTS) is 2. The highest BCUT2D eigenvalue weighted by Crippen LogP contribution is 2.25. The first-order chi connectivity index (χ1) is 19.4. The Morgan fingerprint density at radius 3 is 2.00 bits per heavy atom. The first-order valence-electron chi connectivity index (χ1n) is 14.1. The van der Waals surface area contributed by atoms with Crippen LogP contribution >= 0.6 is 0 Å². The molecule has 2 atom stereocenters. The van der Waals surface area contributed by atoms with Gasteiger partial charge < -0.3 is 20.4 Å². The third kappa shape index (κ3) is 9.06. The van der Waals surface area contributed by atoms with Crippen LogP contribution in [0.2, 0.25) is 0 Å². The second-order valence-corrected chi connectivity index (χ2v) is 10.7. The minimum absolute atomic E-state index is 0.0227. The van der Waals surface area contributed by atoms with Gasteiger partial charge >= 0.3 is 11.9 Å². The number of nitrogens with zero attached hydrogens (tertiary/aromatic N) is 1. The summed E-state index contributed by atoms with van der Waals surface area (Å²) in [7, 11) is 0. The lowest BCUT2D eigenvalue weighted by Crippen LogP contribution is -2.47. The van der Waals surface area contributed by atoms with Crippen LogP contribution in [-0.2, 0) is 20.8 Å². The molecular weight excluding hydrogens is 504 g/mol. The molecule has 3 aromatic rings. The van der Waals surface area contributed by atoms with Gasteiger partial charge in [0, 0.05) is 38.4 Å². The third-order valence-electron chi connectivity index (χ3n) is 7.54. The van der Waals surface area contributed by atoms with Crippen molar-refractivity contribution in [2.45, 2.75) is 51.0 Å². The van der Waals surface area contributed by atoms with Crippen molar-refractivity contribution in [1.29, 1.82) is 0 Å². The Bertz CT molecular complexity index is 1260. The van der Waals surface area contributed by atoms with E-state index in [1.165, 1.54) is 11.1 Å². The fraction of sp³-hybridized carbons (Fsp3) is 0.364. The van der Waals surface area contributed by atoms with Crippen LogP contribution in [0.1, 0.15) is 44.1 Å². The van der Waals surface area contributed by atoms with Gasteiger partial charge in [0.1, 0.15) is 0 Å². The molecule has 3 aromatic carbocycles. The molecule has 2 unspecified atom stereocenters. The van der Waals surface area contributed by atoms with Gasteiger partial charge in [-0.15, -0.1) is 0 Å². The first-order valence-corrected chi connectivity index (χ1v) is 14.1. The average Bonchev–Trinajstić information content (AvgIpc) is 2.95. The van der Waals surface area contributed by atoms with E-state index in [0.717, 1.165) is 36.1 Å². The SMILES string of the molecule is O=C(O)CCC(CN1CCCC(CC(=O)O)C1)NC(=O)CCc1ccc(-c2ccc(-c3ccccc3)cc2)cc1. The molecule has 1 amide bonds. The largest absolute Gasteiger partial charge is 0.481 e. The van der Waals surface area contributed by atoms with Gasteiger partial charge in [0.25, 0.3) is 0 Å². The van der Waals surface area contributed by atoms with Gasteiger partial charge in [-0.25, -0.2) is 0 Å². The second kappa shape index (κ2) is 14.4. The molecule has 3 N–H and O–H groups in total. The number of benzene rings is 3. The number of carbonyl (C=O) groups is 3. The number of aryl methyl sites for hydroxylation is 1. The van der Waals surface area contributed by atoms with Gasteiger partial charge in [0.05, 0.1) is 0 Å². The minimum atomic E-state index is -0.892. The number of hydrogen-bond donors (Lipinski definition) is 3. The molecule has 7 heteroatoms. The summed E-state index contributed by atoms with van der Waals surface area (Å²) in [6, 6.07) is 26.7. The molecule has 0 saturated carbocycles. The highest BCUT2D eigenvalue weighted by atomic mass is 16.4. The number of piperidine rings is 1. The zero-order valence-electron chi connectivity index (χ0n) is 22.8. The van der Waals surface area contributed by atoms with Crippen molar-refractivity contribution in [1.82, 2.24) is 10.2 Å². The molecule has 0 aliphatic carbocycles. The molecule has 1 aliphatic rings. The van der Waals surface area contributed by atoms with Gasteiger partial charge in [0.15, 0.2) is 0 Å². The zero-order chi connectivity index (χ0) is 28.3. The van der Waals surface area contributed by atoms with Gasteiger partial charge in [-0.2, -0.15) is 0 Å². The monoisotopic (exact) mass is 542 g/mol. The number of aliphatic carboxylic acids is 2. The van der Waals surface area contributed by atoms with Crippen LogP contribution in [0.4, 0.5) is 0 Å². The number of rotatable bonds is 13. The van der Waals surface area contributed by atoms with Crippen LogP contribution in [0.5, 0.6) is 0 Å². The zero-order valence-corrected chi connectivity index (χ0v) is 22.8. The Morgan fingerprint density at radius 2 is 1.40 bits per heavy atom. The van der Waals surface area contributed by atoms with Crippen molar-refractivity contribution in [3.05, 3.63) is 84.4 Å². The summed E-state index contributed by atoms with van der Waals surface area (Å²) in [5, 5.41) is 21.3. The van der Waals surface area contributed by atoms with Gasteiger partial charge in [0.2, 0.25) is 5.91 Å². The fourth-order valence-electron chi connectivity index (χ4n) is 5.46. The van der Waals surface area contributed by atoms with Gasteiger partial charge in [-0.1, -0.05) is 78.9 Å². The summed E-state index contributed by atoms with van der Waals surface area (Å²) in [6.45, 7) is 2.02. The number of amides is 1. The van der Waals surface area contributed by atoms with E-state index < -0.39 is 11.9 Å². The number of likely N-dealkylation sites (tertiary alicyclic amines) is 1. The second-order valence-electron chi connectivity index (χ2n) is 10.7. The Balaban J connectivity index is 1.28. The lowest BCUT2D eigenvalue weighted by Gasteiger charge is -2.34. The van der Waals surface area contributed by atoms with Crippen LogP contribution in [-0.4, -0.2) is 58.6 Å². The molecule has 0 aromatic heterocycles. The summed E-state index contributed by atoms with van der Waals surface area (Å²) in [5.74, 6) is -1.70. The summed E-state index contributed by atoms with van der Waals surface area (Å²) in [4.78, 5) is 37.3. The topological polar surface area (TPSA) is 107 Å². The summed E-state index contributed by atoms with van der Waals surface area (Å²) >= 11 is 0. The third-order valence-corrected chi connectivity index (χ3v) is 7.54. The van der Waals surface area contributed by atoms with E-state index in [0.29, 0.717) is 32.4 Å². The highest BCUT2D eigenvalue weighted by Gasteiger charge is 2.25. The maximum Gasteiger partial charge on any atom is 0.303 e. The van der Waals surface area contributed by atoms with Crippen LogP contribution < -0.4 is 5.32 Å². The van der Waals surface area contributed by atoms with Crippen LogP contribution in [0.3, 0.4) is 0 Å². The number of carboxylic acids is 2. The van der Waals surface area contributed by atoms with Crippen LogP contribution in [0.25, 0.3) is 22.3 Å². The normalized spacial score (nSPS) is 16.2. The molecule has 1 fully saturated rings. The Kier molecular flexibility index (Phi) is 10.5. The summed E-state index contributed by atoms with van der Waals surface area (Å²) < 4.78 is 0. The van der Waals surface area contributed by atoms with E-state index >= 15 is 0 Å². The smallest absolute Gasteiger partial charge is 0.303 e. The van der Waals surface area contributed by atoms with Gasteiger partial charge in [-0.3, -0.25) is 14.4 Å². The van der Waals surface area contributed by atoms with Crippen molar-refractivity contribution in [2.24, 2.45) is 5.92 Å². The van der Waals surface area contributed by atoms with E-state index in [-0.39, 0.29) is 30.7 Å². The number of nitrogens with one attached hydrogen (secondary N) is 1. The molecule has 1 heterocycles. The minimum Gasteiger partial charge on any atom is -0.481 e. The van der Waals surface area contributed by atoms with E-state index in [2.05, 4.69) is 58.7 Å². The Morgan fingerprint density at radius 1 is 0.800 bits per heavy atom. The highest BCUT2D eigenvalue weighted by molar-refractivity contribution is 5.77. The first kappa shape index (κ1) is 29.0. The van der Waals surface area contributed by atoms with Crippen molar-refractivity contribution in [3.63, 3.8) is 0 Å².